The molecule has 1 amide bonds. The van der Waals surface area contributed by atoms with Crippen molar-refractivity contribution in [3.8, 4) is 0 Å². The molecule has 1 aromatic heterocycles. The summed E-state index contributed by atoms with van der Waals surface area (Å²) < 4.78 is 5.22. The van der Waals surface area contributed by atoms with E-state index in [1.807, 2.05) is 27.7 Å². The Balaban J connectivity index is 0.000000567. The average Bonchev–Trinajstić information content (AvgIpc) is 2.39. The van der Waals surface area contributed by atoms with Gasteiger partial charge in [-0.15, -0.1) is 0 Å². The summed E-state index contributed by atoms with van der Waals surface area (Å²) in [5, 5.41) is 10.5. The van der Waals surface area contributed by atoms with E-state index in [1.165, 1.54) is 0 Å². The lowest BCUT2D eigenvalue weighted by atomic mass is 10.1. The number of carboxylic acid groups (broad SMARTS) is 1. The quantitative estimate of drug-likeness (QED) is 0.865. The summed E-state index contributed by atoms with van der Waals surface area (Å²) >= 11 is 0. The maximum absolute atomic E-state index is 11.4. The van der Waals surface area contributed by atoms with Gasteiger partial charge in [-0.25, -0.2) is 4.79 Å². The van der Waals surface area contributed by atoms with Gasteiger partial charge < -0.3 is 9.84 Å². The summed E-state index contributed by atoms with van der Waals surface area (Å²) in [7, 11) is 0. The van der Waals surface area contributed by atoms with E-state index in [2.05, 4.69) is 10.3 Å². The first kappa shape index (κ1) is 18.9. The summed E-state index contributed by atoms with van der Waals surface area (Å²) in [6.45, 7) is 7.56. The minimum Gasteiger partial charge on any atom is -0.481 e. The number of carbonyl (C=O) groups excluding carboxylic acids is 1. The van der Waals surface area contributed by atoms with Crippen LogP contribution in [0.4, 0.5) is 10.5 Å². The van der Waals surface area contributed by atoms with E-state index in [0.29, 0.717) is 12.1 Å². The van der Waals surface area contributed by atoms with Gasteiger partial charge in [0.2, 0.25) is 0 Å². The zero-order chi connectivity index (χ0) is 16.3. The van der Waals surface area contributed by atoms with Crippen LogP contribution in [0.3, 0.4) is 0 Å². The number of ether oxygens (including phenoxy) is 1. The van der Waals surface area contributed by atoms with Gasteiger partial charge in [-0.2, -0.15) is 0 Å². The molecule has 0 aliphatic heterocycles. The molecule has 0 radical (unpaired) electrons. The van der Waals surface area contributed by atoms with E-state index in [9.17, 15) is 9.59 Å². The molecule has 1 aromatic rings. The molecule has 1 rings (SSSR count). The van der Waals surface area contributed by atoms with Gasteiger partial charge >= 0.3 is 12.1 Å². The van der Waals surface area contributed by atoms with Crippen molar-refractivity contribution in [3.05, 3.63) is 24.5 Å². The number of pyridine rings is 1. The van der Waals surface area contributed by atoms with Crippen molar-refractivity contribution in [1.29, 1.82) is 0 Å². The number of carbonyl (C=O) groups is 2. The van der Waals surface area contributed by atoms with E-state index in [1.54, 1.807) is 24.5 Å². The Morgan fingerprint density at radius 1 is 1.29 bits per heavy atom. The number of hydrogen-bond donors (Lipinski definition) is 2. The molecule has 0 aliphatic rings. The van der Waals surface area contributed by atoms with Gasteiger partial charge in [-0.1, -0.05) is 13.8 Å². The number of nitrogens with zero attached hydrogens (tertiary/aromatic N) is 1. The fourth-order valence-electron chi connectivity index (χ4n) is 1.12. The van der Waals surface area contributed by atoms with Crippen LogP contribution in [-0.2, 0) is 9.53 Å². The molecule has 0 atom stereocenters. The fourth-order valence-corrected chi connectivity index (χ4v) is 1.12. The molecule has 1 heterocycles. The lowest BCUT2D eigenvalue weighted by Crippen LogP contribution is -2.29. The van der Waals surface area contributed by atoms with Gasteiger partial charge in [0.1, 0.15) is 5.60 Å². The minimum atomic E-state index is -0.711. The molecular formula is C15H24N2O4. The molecule has 0 saturated heterocycles. The third-order valence-electron chi connectivity index (χ3n) is 2.61. The number of amides is 1. The predicted molar refractivity (Wildman–Crippen MR) is 81.3 cm³/mol. The molecule has 0 saturated carbocycles. The zero-order valence-corrected chi connectivity index (χ0v) is 13.0. The third kappa shape index (κ3) is 10.4. The molecule has 118 valence electrons. The highest BCUT2D eigenvalue weighted by atomic mass is 16.6. The third-order valence-corrected chi connectivity index (χ3v) is 2.61. The SMILES string of the molecule is CCC(C)(C)OC(=O)Nc1ccncc1.CCCC(=O)O. The van der Waals surface area contributed by atoms with Crippen molar-refractivity contribution in [2.24, 2.45) is 0 Å². The van der Waals surface area contributed by atoms with Gasteiger partial charge in [0.15, 0.2) is 0 Å². The first-order valence-corrected chi connectivity index (χ1v) is 6.92. The highest BCUT2D eigenvalue weighted by Crippen LogP contribution is 2.15. The van der Waals surface area contributed by atoms with Crippen LogP contribution in [0.1, 0.15) is 47.0 Å². The van der Waals surface area contributed by atoms with Crippen molar-refractivity contribution in [3.63, 3.8) is 0 Å². The maximum atomic E-state index is 11.4. The predicted octanol–water partition coefficient (Wildman–Crippen LogP) is 3.69. The summed E-state index contributed by atoms with van der Waals surface area (Å²) in [6.07, 6.45) is 4.58. The largest absolute Gasteiger partial charge is 0.481 e. The summed E-state index contributed by atoms with van der Waals surface area (Å²) in [6, 6.07) is 3.42. The van der Waals surface area contributed by atoms with Crippen LogP contribution < -0.4 is 5.32 Å². The Kier molecular flexibility index (Phi) is 8.76. The van der Waals surface area contributed by atoms with Crippen molar-refractivity contribution in [1.82, 2.24) is 4.98 Å². The highest BCUT2D eigenvalue weighted by molar-refractivity contribution is 5.84. The van der Waals surface area contributed by atoms with Gasteiger partial charge in [-0.05, 0) is 38.8 Å². The average molecular weight is 296 g/mol. The molecule has 0 unspecified atom stereocenters. The Labute approximate surface area is 125 Å². The number of carboxylic acids is 1. The summed E-state index contributed by atoms with van der Waals surface area (Å²) in [5.74, 6) is -0.711. The van der Waals surface area contributed by atoms with Crippen LogP contribution in [0, 0.1) is 0 Å². The number of rotatable bonds is 5. The van der Waals surface area contributed by atoms with Crippen LogP contribution in [0.25, 0.3) is 0 Å². The highest BCUT2D eigenvalue weighted by Gasteiger charge is 2.20. The molecular weight excluding hydrogens is 272 g/mol. The Bertz CT molecular complexity index is 433. The van der Waals surface area contributed by atoms with Gasteiger partial charge in [-0.3, -0.25) is 15.1 Å². The fraction of sp³-hybridized carbons (Fsp3) is 0.533. The molecule has 2 N–H and O–H groups in total. The van der Waals surface area contributed by atoms with Crippen LogP contribution in [0.5, 0.6) is 0 Å². The zero-order valence-electron chi connectivity index (χ0n) is 13.0. The van der Waals surface area contributed by atoms with E-state index < -0.39 is 17.7 Å². The molecule has 6 nitrogen and oxygen atoms in total. The van der Waals surface area contributed by atoms with Gasteiger partial charge in [0.25, 0.3) is 0 Å². The minimum absolute atomic E-state index is 0.292. The second-order valence-corrected chi connectivity index (χ2v) is 5.01. The number of aliphatic carboxylic acids is 1. The van der Waals surface area contributed by atoms with Crippen LogP contribution >= 0.6 is 0 Å². The van der Waals surface area contributed by atoms with E-state index in [-0.39, 0.29) is 0 Å². The molecule has 0 spiro atoms. The van der Waals surface area contributed by atoms with Crippen molar-refractivity contribution in [2.45, 2.75) is 52.6 Å². The van der Waals surface area contributed by atoms with Crippen molar-refractivity contribution >= 4 is 17.7 Å². The standard InChI is InChI=1S/C11H16N2O2.C4H8O2/c1-4-11(2,3)15-10(14)13-9-5-7-12-8-6-9;1-2-3-4(5)6/h5-8H,4H2,1-3H3,(H,12,13,14);2-3H2,1H3,(H,5,6). The molecule has 6 heteroatoms. The number of nitrogens with one attached hydrogen (secondary N) is 1. The number of hydrogen-bond acceptors (Lipinski definition) is 4. The second-order valence-electron chi connectivity index (χ2n) is 5.01. The monoisotopic (exact) mass is 296 g/mol. The normalized spacial score (nSPS) is 10.1. The van der Waals surface area contributed by atoms with Crippen molar-refractivity contribution < 1.29 is 19.4 Å². The Morgan fingerprint density at radius 3 is 2.24 bits per heavy atom. The summed E-state index contributed by atoms with van der Waals surface area (Å²) in [4.78, 5) is 24.9. The molecule has 0 aromatic carbocycles. The lowest BCUT2D eigenvalue weighted by molar-refractivity contribution is -0.137. The van der Waals surface area contributed by atoms with Crippen LogP contribution in [0.2, 0.25) is 0 Å². The Morgan fingerprint density at radius 2 is 1.86 bits per heavy atom. The van der Waals surface area contributed by atoms with Crippen LogP contribution in [-0.4, -0.2) is 27.8 Å². The van der Waals surface area contributed by atoms with E-state index in [0.717, 1.165) is 12.8 Å². The maximum Gasteiger partial charge on any atom is 0.412 e. The molecule has 0 aliphatic carbocycles. The molecule has 0 bridgehead atoms. The van der Waals surface area contributed by atoms with Crippen LogP contribution in [0.15, 0.2) is 24.5 Å². The Hall–Kier alpha value is -2.11. The summed E-state index contributed by atoms with van der Waals surface area (Å²) in [5.41, 5.74) is 0.249. The second kappa shape index (κ2) is 9.74. The van der Waals surface area contributed by atoms with Gasteiger partial charge in [0.05, 0.1) is 0 Å². The van der Waals surface area contributed by atoms with E-state index in [4.69, 9.17) is 9.84 Å². The topological polar surface area (TPSA) is 88.5 Å². The van der Waals surface area contributed by atoms with Crippen molar-refractivity contribution in [2.75, 3.05) is 5.32 Å². The number of aromatic nitrogens is 1. The smallest absolute Gasteiger partial charge is 0.412 e. The lowest BCUT2D eigenvalue weighted by Gasteiger charge is -2.23. The first-order valence-electron chi connectivity index (χ1n) is 6.92. The van der Waals surface area contributed by atoms with Gasteiger partial charge in [0, 0.05) is 24.5 Å². The molecule has 21 heavy (non-hydrogen) atoms. The first-order chi connectivity index (χ1) is 9.80. The number of anilines is 1. The molecule has 0 fully saturated rings. The van der Waals surface area contributed by atoms with E-state index >= 15 is 0 Å².